The first-order valence-electron chi connectivity index (χ1n) is 6.87. The second-order valence-corrected chi connectivity index (χ2v) is 5.45. The minimum atomic E-state index is -0.690. The lowest BCUT2D eigenvalue weighted by atomic mass is 9.77. The number of ketones is 1. The number of fused-ring (bicyclic) bond motifs is 1. The van der Waals surface area contributed by atoms with Gasteiger partial charge in [0.15, 0.2) is 5.78 Å². The van der Waals surface area contributed by atoms with Gasteiger partial charge in [0.25, 0.3) is 0 Å². The minimum Gasteiger partial charge on any atom is -0.319 e. The zero-order valence-electron chi connectivity index (χ0n) is 10.9. The molecule has 0 saturated heterocycles. The molecule has 2 aromatic rings. The van der Waals surface area contributed by atoms with Crippen LogP contribution in [0.3, 0.4) is 0 Å². The SMILES string of the molecule is NC1(C(=O)c2cncc3ccccc23)CCCCC1. The summed E-state index contributed by atoms with van der Waals surface area (Å²) < 4.78 is 0. The maximum atomic E-state index is 12.8. The molecule has 98 valence electrons. The van der Waals surface area contributed by atoms with Gasteiger partial charge in [-0.3, -0.25) is 9.78 Å². The largest absolute Gasteiger partial charge is 0.319 e. The highest BCUT2D eigenvalue weighted by Crippen LogP contribution is 2.31. The van der Waals surface area contributed by atoms with E-state index in [1.165, 1.54) is 6.42 Å². The summed E-state index contributed by atoms with van der Waals surface area (Å²) in [5.74, 6) is 0.0523. The number of rotatable bonds is 2. The van der Waals surface area contributed by atoms with E-state index in [-0.39, 0.29) is 5.78 Å². The van der Waals surface area contributed by atoms with Crippen molar-refractivity contribution in [1.29, 1.82) is 0 Å². The monoisotopic (exact) mass is 254 g/mol. The highest BCUT2D eigenvalue weighted by Gasteiger charge is 2.36. The third-order valence-corrected chi connectivity index (χ3v) is 4.11. The quantitative estimate of drug-likeness (QED) is 0.838. The van der Waals surface area contributed by atoms with Crippen LogP contribution in [-0.4, -0.2) is 16.3 Å². The molecule has 1 aromatic carbocycles. The van der Waals surface area contributed by atoms with Crippen LogP contribution >= 0.6 is 0 Å². The van der Waals surface area contributed by atoms with Gasteiger partial charge in [-0.05, 0) is 18.2 Å². The van der Waals surface area contributed by atoms with Crippen molar-refractivity contribution >= 4 is 16.6 Å². The molecule has 1 fully saturated rings. The number of hydrogen-bond donors (Lipinski definition) is 1. The number of benzene rings is 1. The van der Waals surface area contributed by atoms with Gasteiger partial charge in [-0.15, -0.1) is 0 Å². The Morgan fingerprint density at radius 1 is 1.11 bits per heavy atom. The van der Waals surface area contributed by atoms with Gasteiger partial charge in [-0.25, -0.2) is 0 Å². The summed E-state index contributed by atoms with van der Waals surface area (Å²) in [6, 6.07) is 7.85. The Morgan fingerprint density at radius 2 is 1.84 bits per heavy atom. The lowest BCUT2D eigenvalue weighted by Gasteiger charge is -2.32. The van der Waals surface area contributed by atoms with Crippen molar-refractivity contribution in [2.75, 3.05) is 0 Å². The highest BCUT2D eigenvalue weighted by atomic mass is 16.1. The molecule has 0 bridgehead atoms. The van der Waals surface area contributed by atoms with E-state index in [9.17, 15) is 4.79 Å². The first kappa shape index (κ1) is 12.3. The van der Waals surface area contributed by atoms with Crippen LogP contribution in [0.4, 0.5) is 0 Å². The molecule has 0 unspecified atom stereocenters. The number of carbonyl (C=O) groups excluding carboxylic acids is 1. The third kappa shape index (κ3) is 2.15. The van der Waals surface area contributed by atoms with Crippen LogP contribution in [0.15, 0.2) is 36.7 Å². The van der Waals surface area contributed by atoms with Gasteiger partial charge in [0.05, 0.1) is 5.54 Å². The van der Waals surface area contributed by atoms with E-state index in [1.54, 1.807) is 12.4 Å². The van der Waals surface area contributed by atoms with Gasteiger partial charge < -0.3 is 5.73 Å². The van der Waals surface area contributed by atoms with E-state index in [2.05, 4.69) is 4.98 Å². The van der Waals surface area contributed by atoms with Gasteiger partial charge in [0.2, 0.25) is 0 Å². The molecule has 0 atom stereocenters. The second-order valence-electron chi connectivity index (χ2n) is 5.45. The van der Waals surface area contributed by atoms with Gasteiger partial charge >= 0.3 is 0 Å². The summed E-state index contributed by atoms with van der Waals surface area (Å²) in [5.41, 5.74) is 6.33. The fourth-order valence-corrected chi connectivity index (χ4v) is 2.98. The van der Waals surface area contributed by atoms with Gasteiger partial charge in [0.1, 0.15) is 0 Å². The fourth-order valence-electron chi connectivity index (χ4n) is 2.98. The smallest absolute Gasteiger partial charge is 0.184 e. The molecule has 19 heavy (non-hydrogen) atoms. The Bertz CT molecular complexity index is 610. The van der Waals surface area contributed by atoms with E-state index >= 15 is 0 Å². The third-order valence-electron chi connectivity index (χ3n) is 4.11. The predicted octanol–water partition coefficient (Wildman–Crippen LogP) is 3.08. The molecule has 0 amide bonds. The van der Waals surface area contributed by atoms with Crippen molar-refractivity contribution in [3.05, 3.63) is 42.2 Å². The van der Waals surface area contributed by atoms with E-state index in [4.69, 9.17) is 5.73 Å². The molecule has 1 aliphatic rings. The zero-order chi connectivity index (χ0) is 13.3. The number of hydrogen-bond acceptors (Lipinski definition) is 3. The molecular formula is C16H18N2O. The summed E-state index contributed by atoms with van der Waals surface area (Å²) in [7, 11) is 0. The van der Waals surface area contributed by atoms with Crippen LogP contribution < -0.4 is 5.73 Å². The van der Waals surface area contributed by atoms with Crippen molar-refractivity contribution in [1.82, 2.24) is 4.98 Å². The summed E-state index contributed by atoms with van der Waals surface area (Å²) in [4.78, 5) is 17.0. The van der Waals surface area contributed by atoms with Crippen LogP contribution in [-0.2, 0) is 0 Å². The van der Waals surface area contributed by atoms with E-state index in [0.717, 1.165) is 36.5 Å². The number of aromatic nitrogens is 1. The lowest BCUT2D eigenvalue weighted by Crippen LogP contribution is -2.49. The van der Waals surface area contributed by atoms with E-state index < -0.39 is 5.54 Å². The van der Waals surface area contributed by atoms with Crippen molar-refractivity contribution in [2.45, 2.75) is 37.6 Å². The van der Waals surface area contributed by atoms with Gasteiger partial charge in [-0.1, -0.05) is 43.5 Å². The Kier molecular flexibility index (Phi) is 3.07. The summed E-state index contributed by atoms with van der Waals surface area (Å²) >= 11 is 0. The van der Waals surface area contributed by atoms with Crippen molar-refractivity contribution in [2.24, 2.45) is 5.73 Å². The number of Topliss-reactive ketones (excluding diaryl/α,β-unsaturated/α-hetero) is 1. The van der Waals surface area contributed by atoms with Gasteiger partial charge in [-0.2, -0.15) is 0 Å². The predicted molar refractivity (Wildman–Crippen MR) is 76.1 cm³/mol. The fraction of sp³-hybridized carbons (Fsp3) is 0.375. The number of carbonyl (C=O) groups is 1. The van der Waals surface area contributed by atoms with Crippen LogP contribution in [0.25, 0.3) is 10.8 Å². The number of nitrogens with two attached hydrogens (primary N) is 1. The van der Waals surface area contributed by atoms with Crippen LogP contribution in [0, 0.1) is 0 Å². The highest BCUT2D eigenvalue weighted by molar-refractivity contribution is 6.11. The van der Waals surface area contributed by atoms with Crippen molar-refractivity contribution in [3.63, 3.8) is 0 Å². The minimum absolute atomic E-state index is 0.0523. The Hall–Kier alpha value is -1.74. The molecule has 1 heterocycles. The first-order chi connectivity index (χ1) is 9.21. The van der Waals surface area contributed by atoms with Crippen molar-refractivity contribution < 1.29 is 4.79 Å². The average Bonchev–Trinajstić information content (AvgIpc) is 2.47. The normalized spacial score (nSPS) is 18.4. The van der Waals surface area contributed by atoms with Gasteiger partial charge in [0, 0.05) is 23.3 Å². The second kappa shape index (κ2) is 4.74. The lowest BCUT2D eigenvalue weighted by molar-refractivity contribution is 0.0849. The van der Waals surface area contributed by atoms with Crippen molar-refractivity contribution in [3.8, 4) is 0 Å². The Balaban J connectivity index is 2.06. The molecular weight excluding hydrogens is 236 g/mol. The van der Waals surface area contributed by atoms with Crippen LogP contribution in [0.5, 0.6) is 0 Å². The number of nitrogens with zero attached hydrogens (tertiary/aromatic N) is 1. The molecule has 1 saturated carbocycles. The molecule has 3 rings (SSSR count). The van der Waals surface area contributed by atoms with E-state index in [0.29, 0.717) is 5.56 Å². The van der Waals surface area contributed by atoms with Crippen LogP contribution in [0.1, 0.15) is 42.5 Å². The van der Waals surface area contributed by atoms with Crippen LogP contribution in [0.2, 0.25) is 0 Å². The summed E-state index contributed by atoms with van der Waals surface area (Å²) in [6.07, 6.45) is 8.29. The Labute approximate surface area is 112 Å². The molecule has 1 aliphatic carbocycles. The van der Waals surface area contributed by atoms with E-state index in [1.807, 2.05) is 24.3 Å². The molecule has 3 heteroatoms. The standard InChI is InChI=1S/C16H18N2O/c17-16(8-4-1-5-9-16)15(19)14-11-18-10-12-6-2-3-7-13(12)14/h2-3,6-7,10-11H,1,4-5,8-9,17H2. The summed E-state index contributed by atoms with van der Waals surface area (Å²) in [6.45, 7) is 0. The maximum absolute atomic E-state index is 12.8. The molecule has 1 aromatic heterocycles. The molecule has 0 spiro atoms. The molecule has 0 radical (unpaired) electrons. The molecule has 3 nitrogen and oxygen atoms in total. The molecule has 2 N–H and O–H groups in total. The maximum Gasteiger partial charge on any atom is 0.184 e. The Morgan fingerprint density at radius 3 is 2.63 bits per heavy atom. The zero-order valence-corrected chi connectivity index (χ0v) is 10.9. The summed E-state index contributed by atoms with van der Waals surface area (Å²) in [5, 5.41) is 1.95. The topological polar surface area (TPSA) is 56.0 Å². The number of pyridine rings is 1. The first-order valence-corrected chi connectivity index (χ1v) is 6.87. The average molecular weight is 254 g/mol. The molecule has 0 aliphatic heterocycles.